The Morgan fingerprint density at radius 2 is 2.08 bits per heavy atom. The van der Waals surface area contributed by atoms with E-state index in [2.05, 4.69) is 34.7 Å². The van der Waals surface area contributed by atoms with E-state index in [1.54, 1.807) is 0 Å². The molecule has 2 aromatic rings. The van der Waals surface area contributed by atoms with Gasteiger partial charge in [0.1, 0.15) is 0 Å². The summed E-state index contributed by atoms with van der Waals surface area (Å²) in [6, 6.07) is 8.31. The van der Waals surface area contributed by atoms with E-state index in [0.717, 1.165) is 29.2 Å². The van der Waals surface area contributed by atoms with Crippen LogP contribution in [0.3, 0.4) is 0 Å². The lowest BCUT2D eigenvalue weighted by molar-refractivity contribution is -0.113. The van der Waals surface area contributed by atoms with Gasteiger partial charge in [-0.2, -0.15) is 0 Å². The third-order valence-electron chi connectivity index (χ3n) is 4.32. The normalized spacial score (nSPS) is 15.1. The summed E-state index contributed by atoms with van der Waals surface area (Å²) in [7, 11) is 0. The molecule has 0 spiro atoms. The molecular weight excluding hydrogens is 322 g/mol. The Bertz CT molecular complexity index is 694. The van der Waals surface area contributed by atoms with Crippen LogP contribution in [0, 0.1) is 0 Å². The van der Waals surface area contributed by atoms with Crippen molar-refractivity contribution in [1.29, 1.82) is 0 Å². The van der Waals surface area contributed by atoms with Gasteiger partial charge < -0.3 is 5.32 Å². The minimum absolute atomic E-state index is 0.0333. The molecule has 1 fully saturated rings. The zero-order chi connectivity index (χ0) is 16.9. The van der Waals surface area contributed by atoms with E-state index in [1.807, 2.05) is 28.9 Å². The molecule has 3 rings (SSSR count). The number of carbonyl (C=O) groups excluding carboxylic acids is 1. The average Bonchev–Trinajstić information content (AvgIpc) is 3.24. The molecule has 1 aliphatic rings. The molecule has 128 valence electrons. The summed E-state index contributed by atoms with van der Waals surface area (Å²) >= 11 is 1.40. The van der Waals surface area contributed by atoms with Crippen LogP contribution in [-0.2, 0) is 4.79 Å². The first-order valence-corrected chi connectivity index (χ1v) is 9.43. The molecule has 0 bridgehead atoms. The second-order valence-electron chi connectivity index (χ2n) is 6.42. The Balaban J connectivity index is 1.60. The van der Waals surface area contributed by atoms with Crippen molar-refractivity contribution in [3.05, 3.63) is 29.8 Å². The Morgan fingerprint density at radius 3 is 2.83 bits per heavy atom. The number of rotatable bonds is 6. The molecule has 1 aliphatic carbocycles. The van der Waals surface area contributed by atoms with Crippen LogP contribution in [0.2, 0.25) is 0 Å². The first-order chi connectivity index (χ1) is 11.6. The van der Waals surface area contributed by atoms with Gasteiger partial charge in [-0.3, -0.25) is 4.79 Å². The number of aromatic nitrogens is 4. The number of tetrazole rings is 1. The van der Waals surface area contributed by atoms with Crippen molar-refractivity contribution in [2.75, 3.05) is 11.1 Å². The maximum atomic E-state index is 12.3. The highest BCUT2D eigenvalue weighted by Crippen LogP contribution is 2.31. The highest BCUT2D eigenvalue weighted by Gasteiger charge is 2.22. The number of carbonyl (C=O) groups is 1. The maximum Gasteiger partial charge on any atom is 0.234 e. The summed E-state index contributed by atoms with van der Waals surface area (Å²) < 4.78 is 1.88. The zero-order valence-electron chi connectivity index (χ0n) is 14.1. The van der Waals surface area contributed by atoms with Crippen molar-refractivity contribution in [2.24, 2.45) is 0 Å². The molecule has 0 atom stereocenters. The molecule has 1 amide bonds. The standard InChI is InChI=1S/C17H23N5OS/c1-12(2)14-9-5-6-10-15(14)18-16(23)11-24-17-19-20-21-22(17)13-7-3-4-8-13/h5-6,9-10,12-13H,3-4,7-8,11H2,1-2H3,(H,18,23). The number of anilines is 1. The van der Waals surface area contributed by atoms with Crippen molar-refractivity contribution < 1.29 is 4.79 Å². The van der Waals surface area contributed by atoms with Crippen LogP contribution in [0.25, 0.3) is 0 Å². The van der Waals surface area contributed by atoms with E-state index in [-0.39, 0.29) is 5.91 Å². The number of hydrogen-bond acceptors (Lipinski definition) is 5. The van der Waals surface area contributed by atoms with E-state index < -0.39 is 0 Å². The lowest BCUT2D eigenvalue weighted by Crippen LogP contribution is -2.16. The third kappa shape index (κ3) is 3.95. The Morgan fingerprint density at radius 1 is 1.33 bits per heavy atom. The van der Waals surface area contributed by atoms with Gasteiger partial charge in [-0.15, -0.1) is 5.10 Å². The molecule has 1 aromatic heterocycles. The summed E-state index contributed by atoms with van der Waals surface area (Å²) in [6.07, 6.45) is 4.68. The predicted molar refractivity (Wildman–Crippen MR) is 95.2 cm³/mol. The summed E-state index contributed by atoms with van der Waals surface area (Å²) in [5.74, 6) is 0.636. The third-order valence-corrected chi connectivity index (χ3v) is 5.26. The van der Waals surface area contributed by atoms with Crippen molar-refractivity contribution in [2.45, 2.75) is 56.6 Å². The van der Waals surface area contributed by atoms with Gasteiger partial charge in [-0.25, -0.2) is 4.68 Å². The van der Waals surface area contributed by atoms with Gasteiger partial charge in [0, 0.05) is 5.69 Å². The molecule has 0 saturated heterocycles. The van der Waals surface area contributed by atoms with Crippen LogP contribution in [0.1, 0.15) is 57.1 Å². The fraction of sp³-hybridized carbons (Fsp3) is 0.529. The fourth-order valence-electron chi connectivity index (χ4n) is 3.09. The molecule has 0 radical (unpaired) electrons. The van der Waals surface area contributed by atoms with E-state index in [0.29, 0.717) is 17.7 Å². The van der Waals surface area contributed by atoms with Crippen molar-refractivity contribution in [3.63, 3.8) is 0 Å². The number of benzene rings is 1. The van der Waals surface area contributed by atoms with Crippen LogP contribution in [-0.4, -0.2) is 31.9 Å². The molecule has 1 saturated carbocycles. The summed E-state index contributed by atoms with van der Waals surface area (Å²) in [4.78, 5) is 12.3. The minimum atomic E-state index is -0.0333. The van der Waals surface area contributed by atoms with Crippen LogP contribution >= 0.6 is 11.8 Å². The minimum Gasteiger partial charge on any atom is -0.325 e. The van der Waals surface area contributed by atoms with Gasteiger partial charge in [0.25, 0.3) is 0 Å². The predicted octanol–water partition coefficient (Wildman–Crippen LogP) is 3.64. The number of amides is 1. The van der Waals surface area contributed by atoms with E-state index >= 15 is 0 Å². The lowest BCUT2D eigenvalue weighted by atomic mass is 10.0. The zero-order valence-corrected chi connectivity index (χ0v) is 14.9. The van der Waals surface area contributed by atoms with Gasteiger partial charge >= 0.3 is 0 Å². The van der Waals surface area contributed by atoms with Crippen molar-refractivity contribution >= 4 is 23.4 Å². The smallest absolute Gasteiger partial charge is 0.234 e. The molecule has 1 N–H and O–H groups in total. The molecule has 1 aromatic carbocycles. The highest BCUT2D eigenvalue weighted by molar-refractivity contribution is 7.99. The number of hydrogen-bond donors (Lipinski definition) is 1. The van der Waals surface area contributed by atoms with Crippen LogP contribution in [0.5, 0.6) is 0 Å². The van der Waals surface area contributed by atoms with E-state index in [1.165, 1.54) is 24.6 Å². The second kappa shape index (κ2) is 7.79. The Labute approximate surface area is 146 Å². The van der Waals surface area contributed by atoms with Crippen molar-refractivity contribution in [1.82, 2.24) is 20.2 Å². The molecule has 24 heavy (non-hydrogen) atoms. The summed E-state index contributed by atoms with van der Waals surface area (Å²) in [5.41, 5.74) is 2.03. The quantitative estimate of drug-likeness (QED) is 0.809. The molecule has 6 nitrogen and oxygen atoms in total. The largest absolute Gasteiger partial charge is 0.325 e. The molecule has 0 aliphatic heterocycles. The Hall–Kier alpha value is -1.89. The highest BCUT2D eigenvalue weighted by atomic mass is 32.2. The lowest BCUT2D eigenvalue weighted by Gasteiger charge is -2.14. The average molecular weight is 345 g/mol. The maximum absolute atomic E-state index is 12.3. The van der Waals surface area contributed by atoms with Gasteiger partial charge in [-0.05, 0) is 40.8 Å². The number of nitrogens with one attached hydrogen (secondary N) is 1. The molecule has 1 heterocycles. The van der Waals surface area contributed by atoms with Crippen LogP contribution in [0.15, 0.2) is 29.4 Å². The summed E-state index contributed by atoms with van der Waals surface area (Å²) in [5, 5.41) is 15.7. The number of nitrogens with zero attached hydrogens (tertiary/aromatic N) is 4. The van der Waals surface area contributed by atoms with E-state index in [9.17, 15) is 4.79 Å². The van der Waals surface area contributed by atoms with Gasteiger partial charge in [-0.1, -0.05) is 56.7 Å². The van der Waals surface area contributed by atoms with Crippen molar-refractivity contribution in [3.8, 4) is 0 Å². The monoisotopic (exact) mass is 345 g/mol. The first-order valence-electron chi connectivity index (χ1n) is 8.44. The van der Waals surface area contributed by atoms with Gasteiger partial charge in [0.05, 0.1) is 11.8 Å². The number of para-hydroxylation sites is 1. The number of thioether (sulfide) groups is 1. The molecule has 0 unspecified atom stereocenters. The van der Waals surface area contributed by atoms with Crippen LogP contribution < -0.4 is 5.32 Å². The fourth-order valence-corrected chi connectivity index (χ4v) is 3.83. The molecule has 7 heteroatoms. The second-order valence-corrected chi connectivity index (χ2v) is 7.37. The van der Waals surface area contributed by atoms with Gasteiger partial charge in [0.2, 0.25) is 11.1 Å². The Kier molecular flexibility index (Phi) is 5.50. The van der Waals surface area contributed by atoms with Gasteiger partial charge in [0.15, 0.2) is 0 Å². The van der Waals surface area contributed by atoms with Crippen LogP contribution in [0.4, 0.5) is 5.69 Å². The topological polar surface area (TPSA) is 72.7 Å². The van der Waals surface area contributed by atoms with E-state index in [4.69, 9.17) is 0 Å². The first kappa shape index (κ1) is 17.0. The summed E-state index contributed by atoms with van der Waals surface area (Å²) in [6.45, 7) is 4.24. The SMILES string of the molecule is CC(C)c1ccccc1NC(=O)CSc1nnnn1C1CCCC1. The molecular formula is C17H23N5OS.